The predicted molar refractivity (Wildman–Crippen MR) is 103 cm³/mol. The fourth-order valence-corrected chi connectivity index (χ4v) is 2.94. The Balaban J connectivity index is 1.59. The molecule has 9 heteroatoms. The van der Waals surface area contributed by atoms with Gasteiger partial charge in [0.1, 0.15) is 12.3 Å². The van der Waals surface area contributed by atoms with Crippen LogP contribution in [0.15, 0.2) is 46.9 Å². The van der Waals surface area contributed by atoms with Crippen molar-refractivity contribution in [1.82, 2.24) is 5.32 Å². The first-order valence-corrected chi connectivity index (χ1v) is 8.86. The van der Waals surface area contributed by atoms with E-state index in [1.807, 2.05) is 0 Å². The van der Waals surface area contributed by atoms with Crippen molar-refractivity contribution in [3.05, 3.63) is 52.5 Å². The molecule has 140 valence electrons. The fraction of sp³-hybridized carbons (Fsp3) is 0.167. The van der Waals surface area contributed by atoms with Crippen LogP contribution in [0.4, 0.5) is 16.2 Å². The number of halogens is 1. The summed E-state index contributed by atoms with van der Waals surface area (Å²) in [5.41, 5.74) is 7.03. The van der Waals surface area contributed by atoms with Gasteiger partial charge in [-0.3, -0.25) is 14.5 Å². The van der Waals surface area contributed by atoms with Crippen LogP contribution in [0.2, 0.25) is 0 Å². The van der Waals surface area contributed by atoms with Crippen LogP contribution in [0.1, 0.15) is 5.56 Å². The SMILES string of the molecule is NC(=O)Nc1ccc(CNC(=O)CN2C(=O)COc3cc(Br)ccc32)cc1. The molecule has 0 saturated carbocycles. The lowest BCUT2D eigenvalue weighted by atomic mass is 10.2. The Bertz CT molecular complexity index is 885. The highest BCUT2D eigenvalue weighted by atomic mass is 79.9. The van der Waals surface area contributed by atoms with Gasteiger partial charge in [-0.25, -0.2) is 4.79 Å². The van der Waals surface area contributed by atoms with Gasteiger partial charge in [0.25, 0.3) is 5.91 Å². The van der Waals surface area contributed by atoms with E-state index in [9.17, 15) is 14.4 Å². The summed E-state index contributed by atoms with van der Waals surface area (Å²) in [5, 5.41) is 5.24. The molecule has 0 atom stereocenters. The molecule has 0 spiro atoms. The maximum atomic E-state index is 12.3. The van der Waals surface area contributed by atoms with E-state index >= 15 is 0 Å². The van der Waals surface area contributed by atoms with Gasteiger partial charge in [0.05, 0.1) is 5.69 Å². The third-order valence-electron chi connectivity index (χ3n) is 3.88. The molecular weight excluding hydrogens is 416 g/mol. The van der Waals surface area contributed by atoms with Gasteiger partial charge in [-0.15, -0.1) is 0 Å². The zero-order valence-electron chi connectivity index (χ0n) is 14.2. The number of carbonyl (C=O) groups excluding carboxylic acids is 3. The number of carbonyl (C=O) groups is 3. The molecule has 0 unspecified atom stereocenters. The minimum absolute atomic E-state index is 0.0991. The van der Waals surface area contributed by atoms with Gasteiger partial charge >= 0.3 is 6.03 Å². The third kappa shape index (κ3) is 4.76. The Kier molecular flexibility index (Phi) is 5.60. The summed E-state index contributed by atoms with van der Waals surface area (Å²) < 4.78 is 6.23. The molecule has 1 aliphatic heterocycles. The number of nitrogens with two attached hydrogens (primary N) is 1. The first-order valence-electron chi connectivity index (χ1n) is 8.07. The van der Waals surface area contributed by atoms with Crippen molar-refractivity contribution in [2.75, 3.05) is 23.4 Å². The zero-order valence-corrected chi connectivity index (χ0v) is 15.8. The van der Waals surface area contributed by atoms with Gasteiger partial charge < -0.3 is 21.1 Å². The average molecular weight is 433 g/mol. The van der Waals surface area contributed by atoms with Crippen LogP contribution < -0.4 is 26.0 Å². The van der Waals surface area contributed by atoms with E-state index in [0.29, 0.717) is 23.7 Å². The zero-order chi connectivity index (χ0) is 19.4. The molecule has 8 nitrogen and oxygen atoms in total. The highest BCUT2D eigenvalue weighted by Gasteiger charge is 2.27. The summed E-state index contributed by atoms with van der Waals surface area (Å²) in [7, 11) is 0. The molecule has 0 radical (unpaired) electrons. The minimum atomic E-state index is -0.640. The number of nitrogens with one attached hydrogen (secondary N) is 2. The molecule has 0 aliphatic carbocycles. The molecule has 2 aromatic rings. The number of hydrogen-bond acceptors (Lipinski definition) is 4. The Hall–Kier alpha value is -3.07. The highest BCUT2D eigenvalue weighted by Crippen LogP contribution is 2.34. The van der Waals surface area contributed by atoms with E-state index in [4.69, 9.17) is 10.5 Å². The lowest BCUT2D eigenvalue weighted by Gasteiger charge is -2.29. The van der Waals surface area contributed by atoms with Crippen molar-refractivity contribution in [1.29, 1.82) is 0 Å². The second-order valence-corrected chi connectivity index (χ2v) is 6.76. The minimum Gasteiger partial charge on any atom is -0.482 e. The van der Waals surface area contributed by atoms with Crippen LogP contribution in [-0.4, -0.2) is 31.0 Å². The highest BCUT2D eigenvalue weighted by molar-refractivity contribution is 9.10. The maximum Gasteiger partial charge on any atom is 0.316 e. The third-order valence-corrected chi connectivity index (χ3v) is 4.37. The number of primary amides is 1. The molecule has 27 heavy (non-hydrogen) atoms. The van der Waals surface area contributed by atoms with Crippen molar-refractivity contribution in [3.63, 3.8) is 0 Å². The van der Waals surface area contributed by atoms with E-state index in [2.05, 4.69) is 26.6 Å². The van der Waals surface area contributed by atoms with Crippen molar-refractivity contribution in [2.45, 2.75) is 6.54 Å². The van der Waals surface area contributed by atoms with Gasteiger partial charge in [-0.2, -0.15) is 0 Å². The molecule has 3 rings (SSSR count). The van der Waals surface area contributed by atoms with E-state index in [1.54, 1.807) is 42.5 Å². The lowest BCUT2D eigenvalue weighted by molar-refractivity contribution is -0.125. The molecule has 1 aliphatic rings. The molecule has 0 bridgehead atoms. The van der Waals surface area contributed by atoms with Crippen LogP contribution in [0.25, 0.3) is 0 Å². The van der Waals surface area contributed by atoms with E-state index in [-0.39, 0.29) is 25.0 Å². The van der Waals surface area contributed by atoms with E-state index in [0.717, 1.165) is 10.0 Å². The van der Waals surface area contributed by atoms with Crippen LogP contribution >= 0.6 is 15.9 Å². The first kappa shape index (κ1) is 18.7. The Labute approximate surface area is 163 Å². The van der Waals surface area contributed by atoms with Gasteiger partial charge in [0.15, 0.2) is 6.61 Å². The van der Waals surface area contributed by atoms with Crippen molar-refractivity contribution in [3.8, 4) is 5.75 Å². The lowest BCUT2D eigenvalue weighted by Crippen LogP contribution is -2.45. The first-order chi connectivity index (χ1) is 12.9. The van der Waals surface area contributed by atoms with Gasteiger partial charge in [0.2, 0.25) is 5.91 Å². The number of benzene rings is 2. The second-order valence-electron chi connectivity index (χ2n) is 5.84. The van der Waals surface area contributed by atoms with Crippen LogP contribution in [-0.2, 0) is 16.1 Å². The van der Waals surface area contributed by atoms with Crippen molar-refractivity contribution < 1.29 is 19.1 Å². The molecule has 2 aromatic carbocycles. The number of ether oxygens (including phenoxy) is 1. The number of anilines is 2. The number of amides is 4. The molecule has 0 saturated heterocycles. The predicted octanol–water partition coefficient (Wildman–Crippen LogP) is 1.98. The van der Waals surface area contributed by atoms with Gasteiger partial charge in [-0.1, -0.05) is 28.1 Å². The summed E-state index contributed by atoms with van der Waals surface area (Å²) >= 11 is 3.35. The summed E-state index contributed by atoms with van der Waals surface area (Å²) in [5.74, 6) is -0.0189. The standard InChI is InChI=1S/C18H17BrN4O4/c19-12-3-6-14-15(7-12)27-10-17(25)23(14)9-16(24)21-8-11-1-4-13(5-2-11)22-18(20)26/h1-7H,8-10H2,(H,21,24)(H3,20,22,26). The van der Waals surface area contributed by atoms with E-state index in [1.165, 1.54) is 4.90 Å². The second kappa shape index (κ2) is 8.09. The largest absolute Gasteiger partial charge is 0.482 e. The van der Waals surface area contributed by atoms with Crippen molar-refractivity contribution in [2.24, 2.45) is 5.73 Å². The molecule has 0 aromatic heterocycles. The molecule has 0 fully saturated rings. The smallest absolute Gasteiger partial charge is 0.316 e. The maximum absolute atomic E-state index is 12.3. The Morgan fingerprint density at radius 1 is 1.19 bits per heavy atom. The number of hydrogen-bond donors (Lipinski definition) is 3. The molecule has 1 heterocycles. The van der Waals surface area contributed by atoms with Crippen LogP contribution in [0.3, 0.4) is 0 Å². The molecular formula is C18H17BrN4O4. The van der Waals surface area contributed by atoms with Crippen molar-refractivity contribution >= 4 is 45.2 Å². The monoisotopic (exact) mass is 432 g/mol. The Morgan fingerprint density at radius 2 is 1.93 bits per heavy atom. The summed E-state index contributed by atoms with van der Waals surface area (Å²) in [6, 6.07) is 11.5. The summed E-state index contributed by atoms with van der Waals surface area (Å²) in [6.07, 6.45) is 0. The number of nitrogens with zero attached hydrogens (tertiary/aromatic N) is 1. The van der Waals surface area contributed by atoms with Crippen LogP contribution in [0.5, 0.6) is 5.75 Å². The fourth-order valence-electron chi connectivity index (χ4n) is 2.60. The number of fused-ring (bicyclic) bond motifs is 1. The van der Waals surface area contributed by atoms with Gasteiger partial charge in [-0.05, 0) is 35.9 Å². The van der Waals surface area contributed by atoms with E-state index < -0.39 is 6.03 Å². The topological polar surface area (TPSA) is 114 Å². The average Bonchev–Trinajstić information content (AvgIpc) is 2.63. The Morgan fingerprint density at radius 3 is 2.63 bits per heavy atom. The quantitative estimate of drug-likeness (QED) is 0.669. The molecule has 4 N–H and O–H groups in total. The van der Waals surface area contributed by atoms with Crippen LogP contribution in [0, 0.1) is 0 Å². The number of urea groups is 1. The normalized spacial score (nSPS) is 12.8. The summed E-state index contributed by atoms with van der Waals surface area (Å²) in [6.45, 7) is 0.0879. The molecule has 4 amide bonds. The summed E-state index contributed by atoms with van der Waals surface area (Å²) in [4.78, 5) is 36.6. The van der Waals surface area contributed by atoms with Gasteiger partial charge in [0, 0.05) is 16.7 Å². The number of rotatable bonds is 5.